The standard InChI is InChI=1S/C31H44/c1-3-25-10-18-29(19-11-25)31-22-14-27(15-23-31)7-5-4-6-26-12-20-30(21-13-26)28-16-8-24(2)9-17-28/h4,6,14-15,22-26,28-30H,3,8-13,16-21H2,1-2H3. The fourth-order valence-corrected chi connectivity index (χ4v) is 6.62. The van der Waals surface area contributed by atoms with E-state index in [1.54, 1.807) is 0 Å². The summed E-state index contributed by atoms with van der Waals surface area (Å²) in [7, 11) is 0. The second kappa shape index (κ2) is 11.4. The van der Waals surface area contributed by atoms with Crippen molar-refractivity contribution in [2.45, 2.75) is 103 Å². The molecule has 31 heavy (non-hydrogen) atoms. The third-order valence-corrected chi connectivity index (χ3v) is 9.02. The van der Waals surface area contributed by atoms with Gasteiger partial charge in [-0.1, -0.05) is 63.2 Å². The van der Waals surface area contributed by atoms with Gasteiger partial charge in [-0.15, -0.1) is 0 Å². The van der Waals surface area contributed by atoms with E-state index < -0.39 is 0 Å². The van der Waals surface area contributed by atoms with Crippen LogP contribution in [-0.4, -0.2) is 0 Å². The van der Waals surface area contributed by atoms with Gasteiger partial charge in [-0.3, -0.25) is 0 Å². The Hall–Kier alpha value is -1.48. The summed E-state index contributed by atoms with van der Waals surface area (Å²) in [6.45, 7) is 4.78. The highest BCUT2D eigenvalue weighted by atomic mass is 14.3. The van der Waals surface area contributed by atoms with Gasteiger partial charge in [-0.2, -0.15) is 0 Å². The molecule has 0 aromatic heterocycles. The first-order chi connectivity index (χ1) is 15.2. The van der Waals surface area contributed by atoms with Crippen molar-refractivity contribution in [1.82, 2.24) is 0 Å². The summed E-state index contributed by atoms with van der Waals surface area (Å²) in [5.41, 5.74) is 2.69. The number of benzene rings is 1. The molecule has 3 aliphatic rings. The number of rotatable bonds is 4. The average Bonchev–Trinajstić information content (AvgIpc) is 2.83. The van der Waals surface area contributed by atoms with E-state index in [0.717, 1.165) is 41.1 Å². The predicted molar refractivity (Wildman–Crippen MR) is 134 cm³/mol. The monoisotopic (exact) mass is 416 g/mol. The first-order valence-electron chi connectivity index (χ1n) is 13.5. The maximum atomic E-state index is 3.36. The first kappa shape index (κ1) is 22.7. The molecule has 4 rings (SSSR count). The van der Waals surface area contributed by atoms with Gasteiger partial charge in [0.25, 0.3) is 0 Å². The SMILES string of the molecule is CCC1CCC(c2ccc(C#CC=CC3CCC(C4CCC(C)CC4)CC3)cc2)CC1. The molecule has 0 radical (unpaired) electrons. The normalized spacial score (nSPS) is 34.3. The summed E-state index contributed by atoms with van der Waals surface area (Å²) in [4.78, 5) is 0. The van der Waals surface area contributed by atoms with E-state index in [1.807, 2.05) is 0 Å². The zero-order valence-corrected chi connectivity index (χ0v) is 20.1. The van der Waals surface area contributed by atoms with Gasteiger partial charge < -0.3 is 0 Å². The second-order valence-corrected chi connectivity index (χ2v) is 11.1. The molecule has 1 aromatic rings. The minimum Gasteiger partial charge on any atom is -0.0730 e. The molecule has 3 saturated carbocycles. The number of hydrogen-bond acceptors (Lipinski definition) is 0. The molecule has 0 amide bonds. The zero-order chi connectivity index (χ0) is 21.5. The van der Waals surface area contributed by atoms with Crippen LogP contribution < -0.4 is 0 Å². The Balaban J connectivity index is 1.20. The van der Waals surface area contributed by atoms with E-state index in [1.165, 1.54) is 89.0 Å². The van der Waals surface area contributed by atoms with Crippen molar-refractivity contribution in [3.05, 3.63) is 47.5 Å². The van der Waals surface area contributed by atoms with Gasteiger partial charge >= 0.3 is 0 Å². The van der Waals surface area contributed by atoms with Gasteiger partial charge in [0.05, 0.1) is 0 Å². The van der Waals surface area contributed by atoms with E-state index in [0.29, 0.717) is 0 Å². The largest absolute Gasteiger partial charge is 0.0730 e. The van der Waals surface area contributed by atoms with Crippen molar-refractivity contribution in [2.24, 2.45) is 29.6 Å². The maximum absolute atomic E-state index is 3.36. The fraction of sp³-hybridized carbons (Fsp3) is 0.677. The lowest BCUT2D eigenvalue weighted by Crippen LogP contribution is -2.24. The van der Waals surface area contributed by atoms with Crippen molar-refractivity contribution >= 4 is 0 Å². The van der Waals surface area contributed by atoms with Crippen molar-refractivity contribution in [3.8, 4) is 11.8 Å². The predicted octanol–water partition coefficient (Wildman–Crippen LogP) is 8.91. The molecule has 0 nitrogen and oxygen atoms in total. The molecule has 0 bridgehead atoms. The number of hydrogen-bond donors (Lipinski definition) is 0. The summed E-state index contributed by atoms with van der Waals surface area (Å²) in [5.74, 6) is 12.2. The fourth-order valence-electron chi connectivity index (χ4n) is 6.62. The van der Waals surface area contributed by atoms with Crippen LogP contribution in [0.25, 0.3) is 0 Å². The quantitative estimate of drug-likeness (QED) is 0.430. The van der Waals surface area contributed by atoms with Crippen molar-refractivity contribution in [3.63, 3.8) is 0 Å². The molecular weight excluding hydrogens is 372 g/mol. The molecular formula is C31H44. The van der Waals surface area contributed by atoms with Crippen LogP contribution in [0.3, 0.4) is 0 Å². The molecule has 3 fully saturated rings. The molecule has 1 aromatic carbocycles. The van der Waals surface area contributed by atoms with E-state index >= 15 is 0 Å². The van der Waals surface area contributed by atoms with Crippen LogP contribution in [0.5, 0.6) is 0 Å². The van der Waals surface area contributed by atoms with Gasteiger partial charge in [-0.25, -0.2) is 0 Å². The van der Waals surface area contributed by atoms with E-state index in [2.05, 4.69) is 62.1 Å². The summed E-state index contributed by atoms with van der Waals surface area (Å²) in [5, 5.41) is 0. The lowest BCUT2D eigenvalue weighted by atomic mass is 9.69. The third kappa shape index (κ3) is 6.51. The molecule has 0 saturated heterocycles. The number of allylic oxidation sites excluding steroid dienone is 2. The highest BCUT2D eigenvalue weighted by molar-refractivity contribution is 5.39. The van der Waals surface area contributed by atoms with Crippen LogP contribution in [0, 0.1) is 41.4 Å². The van der Waals surface area contributed by atoms with E-state index in [-0.39, 0.29) is 0 Å². The summed E-state index contributed by atoms with van der Waals surface area (Å²) in [6.07, 6.45) is 23.0. The van der Waals surface area contributed by atoms with Gasteiger partial charge in [0.2, 0.25) is 0 Å². The molecule has 168 valence electrons. The van der Waals surface area contributed by atoms with Crippen molar-refractivity contribution < 1.29 is 0 Å². The first-order valence-corrected chi connectivity index (χ1v) is 13.5. The Labute approximate surface area is 192 Å². The minimum absolute atomic E-state index is 0.758. The Morgan fingerprint density at radius 3 is 2.00 bits per heavy atom. The Morgan fingerprint density at radius 1 is 0.774 bits per heavy atom. The van der Waals surface area contributed by atoms with Crippen LogP contribution in [0.2, 0.25) is 0 Å². The van der Waals surface area contributed by atoms with Crippen LogP contribution in [0.1, 0.15) is 114 Å². The molecule has 0 N–H and O–H groups in total. The summed E-state index contributed by atoms with van der Waals surface area (Å²) in [6, 6.07) is 9.13. The van der Waals surface area contributed by atoms with E-state index in [9.17, 15) is 0 Å². The third-order valence-electron chi connectivity index (χ3n) is 9.02. The van der Waals surface area contributed by atoms with Gasteiger partial charge in [0.15, 0.2) is 0 Å². The highest BCUT2D eigenvalue weighted by Crippen LogP contribution is 2.41. The highest BCUT2D eigenvalue weighted by Gasteiger charge is 2.29. The van der Waals surface area contributed by atoms with Gasteiger partial charge in [0.1, 0.15) is 0 Å². The van der Waals surface area contributed by atoms with Crippen LogP contribution >= 0.6 is 0 Å². The summed E-state index contributed by atoms with van der Waals surface area (Å²) < 4.78 is 0. The van der Waals surface area contributed by atoms with Crippen LogP contribution in [-0.2, 0) is 0 Å². The molecule has 0 atom stereocenters. The van der Waals surface area contributed by atoms with Gasteiger partial charge in [0, 0.05) is 5.56 Å². The minimum atomic E-state index is 0.758. The molecule has 0 heteroatoms. The molecule has 0 spiro atoms. The lowest BCUT2D eigenvalue weighted by Gasteiger charge is -2.36. The topological polar surface area (TPSA) is 0 Å². The smallest absolute Gasteiger partial charge is 0.0249 e. The van der Waals surface area contributed by atoms with Gasteiger partial charge in [-0.05, 0) is 123 Å². The molecule has 0 heterocycles. The van der Waals surface area contributed by atoms with Crippen molar-refractivity contribution in [1.29, 1.82) is 0 Å². The molecule has 3 aliphatic carbocycles. The Bertz CT molecular complexity index is 733. The summed E-state index contributed by atoms with van der Waals surface area (Å²) >= 11 is 0. The Kier molecular flexibility index (Phi) is 8.35. The molecule has 0 aliphatic heterocycles. The van der Waals surface area contributed by atoms with Crippen LogP contribution in [0.15, 0.2) is 36.4 Å². The van der Waals surface area contributed by atoms with E-state index in [4.69, 9.17) is 0 Å². The maximum Gasteiger partial charge on any atom is 0.0249 e. The van der Waals surface area contributed by atoms with Crippen molar-refractivity contribution in [2.75, 3.05) is 0 Å². The molecule has 0 unspecified atom stereocenters. The average molecular weight is 417 g/mol. The Morgan fingerprint density at radius 2 is 1.39 bits per heavy atom. The second-order valence-electron chi connectivity index (χ2n) is 11.1. The zero-order valence-electron chi connectivity index (χ0n) is 20.1. The lowest BCUT2D eigenvalue weighted by molar-refractivity contribution is 0.160. The van der Waals surface area contributed by atoms with Crippen LogP contribution in [0.4, 0.5) is 0 Å².